The predicted octanol–water partition coefficient (Wildman–Crippen LogP) is -0.855. The van der Waals surface area contributed by atoms with Gasteiger partial charge in [0.15, 0.2) is 0 Å². The number of nitrogens with two attached hydrogens (primary N) is 1. The first-order valence-corrected chi connectivity index (χ1v) is 6.59. The maximum absolute atomic E-state index is 11.8. The number of hydrogen-bond acceptors (Lipinski definition) is 4. The zero-order valence-corrected chi connectivity index (χ0v) is 11.3. The number of amides is 3. The lowest BCUT2D eigenvalue weighted by atomic mass is 10.1. The van der Waals surface area contributed by atoms with Crippen LogP contribution in [-0.4, -0.2) is 47.5 Å². The van der Waals surface area contributed by atoms with Gasteiger partial charge in [-0.25, -0.2) is 0 Å². The molecule has 1 aliphatic rings. The summed E-state index contributed by atoms with van der Waals surface area (Å²) < 4.78 is 0. The van der Waals surface area contributed by atoms with Gasteiger partial charge in [0.2, 0.25) is 17.7 Å². The van der Waals surface area contributed by atoms with Crippen molar-refractivity contribution in [1.29, 1.82) is 0 Å². The lowest BCUT2D eigenvalue weighted by molar-refractivity contribution is -0.136. The number of carbonyl (C=O) groups is 3. The van der Waals surface area contributed by atoms with Crippen molar-refractivity contribution in [2.45, 2.75) is 25.8 Å². The maximum atomic E-state index is 11.8. The molecular formula is C11H19N3O3S. The van der Waals surface area contributed by atoms with Gasteiger partial charge in [0.05, 0.1) is 5.75 Å². The molecule has 3 amide bonds. The predicted molar refractivity (Wildman–Crippen MR) is 70.0 cm³/mol. The number of thiol groups is 1. The van der Waals surface area contributed by atoms with Gasteiger partial charge >= 0.3 is 0 Å². The molecule has 18 heavy (non-hydrogen) atoms. The van der Waals surface area contributed by atoms with Crippen molar-refractivity contribution >= 4 is 30.4 Å². The average molecular weight is 273 g/mol. The van der Waals surface area contributed by atoms with Crippen LogP contribution in [0.4, 0.5) is 0 Å². The highest BCUT2D eigenvalue weighted by Gasteiger charge is 2.35. The van der Waals surface area contributed by atoms with Crippen LogP contribution < -0.4 is 11.1 Å². The fourth-order valence-corrected chi connectivity index (χ4v) is 2.25. The van der Waals surface area contributed by atoms with E-state index < -0.39 is 11.9 Å². The first kappa shape index (κ1) is 14.8. The summed E-state index contributed by atoms with van der Waals surface area (Å²) in [5.74, 6) is -0.555. The first-order chi connectivity index (χ1) is 8.49. The Bertz CT molecular complexity index is 348. The second-order valence-electron chi connectivity index (χ2n) is 4.40. The number of primary amides is 1. The number of likely N-dealkylation sites (tertiary alicyclic amines) is 1. The van der Waals surface area contributed by atoms with E-state index >= 15 is 0 Å². The van der Waals surface area contributed by atoms with Gasteiger partial charge in [-0.3, -0.25) is 14.4 Å². The Morgan fingerprint density at radius 3 is 2.78 bits per heavy atom. The van der Waals surface area contributed by atoms with Gasteiger partial charge in [-0.1, -0.05) is 6.92 Å². The Morgan fingerprint density at radius 1 is 1.61 bits per heavy atom. The molecule has 1 fully saturated rings. The second-order valence-corrected chi connectivity index (χ2v) is 4.72. The van der Waals surface area contributed by atoms with Crippen LogP contribution in [0.2, 0.25) is 0 Å². The SMILES string of the molecule is CC[C@@H](C(N)=O)N1CC(CNC(=O)CS)CC1=O. The van der Waals surface area contributed by atoms with Crippen LogP contribution in [-0.2, 0) is 14.4 Å². The van der Waals surface area contributed by atoms with Gasteiger partial charge in [-0.15, -0.1) is 0 Å². The van der Waals surface area contributed by atoms with Gasteiger partial charge in [-0.2, -0.15) is 12.6 Å². The van der Waals surface area contributed by atoms with Crippen molar-refractivity contribution in [2.75, 3.05) is 18.8 Å². The van der Waals surface area contributed by atoms with Crippen LogP contribution in [0, 0.1) is 5.92 Å². The van der Waals surface area contributed by atoms with Crippen LogP contribution >= 0.6 is 12.6 Å². The van der Waals surface area contributed by atoms with E-state index in [2.05, 4.69) is 17.9 Å². The summed E-state index contributed by atoms with van der Waals surface area (Å²) in [7, 11) is 0. The second kappa shape index (κ2) is 6.63. The topological polar surface area (TPSA) is 92.5 Å². The van der Waals surface area contributed by atoms with Crippen molar-refractivity contribution in [3.63, 3.8) is 0 Å². The molecule has 0 aromatic rings. The molecule has 102 valence electrons. The van der Waals surface area contributed by atoms with E-state index in [0.717, 1.165) is 0 Å². The summed E-state index contributed by atoms with van der Waals surface area (Å²) in [6, 6.07) is -0.539. The van der Waals surface area contributed by atoms with E-state index in [1.54, 1.807) is 0 Å². The number of nitrogens with one attached hydrogen (secondary N) is 1. The van der Waals surface area contributed by atoms with Crippen molar-refractivity contribution < 1.29 is 14.4 Å². The Hall–Kier alpha value is -1.24. The molecule has 1 aliphatic heterocycles. The third-order valence-electron chi connectivity index (χ3n) is 3.06. The molecule has 3 N–H and O–H groups in total. The molecule has 2 atom stereocenters. The summed E-state index contributed by atoms with van der Waals surface area (Å²) in [6.45, 7) is 2.71. The molecule has 0 radical (unpaired) electrons. The van der Waals surface area contributed by atoms with E-state index in [1.807, 2.05) is 6.92 Å². The first-order valence-electron chi connectivity index (χ1n) is 5.95. The zero-order valence-electron chi connectivity index (χ0n) is 10.4. The number of rotatable bonds is 6. The highest BCUT2D eigenvalue weighted by molar-refractivity contribution is 7.81. The minimum Gasteiger partial charge on any atom is -0.368 e. The number of carbonyl (C=O) groups excluding carboxylic acids is 3. The molecule has 1 saturated heterocycles. The molecule has 1 heterocycles. The van der Waals surface area contributed by atoms with Gasteiger partial charge in [0, 0.05) is 25.4 Å². The average Bonchev–Trinajstić information content (AvgIpc) is 2.68. The van der Waals surface area contributed by atoms with E-state index in [0.29, 0.717) is 25.9 Å². The van der Waals surface area contributed by atoms with E-state index in [4.69, 9.17) is 5.73 Å². The zero-order chi connectivity index (χ0) is 13.7. The molecule has 0 saturated carbocycles. The minimum atomic E-state index is -0.539. The van der Waals surface area contributed by atoms with Crippen LogP contribution in [0.15, 0.2) is 0 Å². The van der Waals surface area contributed by atoms with Crippen molar-refractivity contribution in [3.05, 3.63) is 0 Å². The lowest BCUT2D eigenvalue weighted by Crippen LogP contribution is -2.45. The Balaban J connectivity index is 2.53. The van der Waals surface area contributed by atoms with Crippen LogP contribution in [0.5, 0.6) is 0 Å². The summed E-state index contributed by atoms with van der Waals surface area (Å²) >= 11 is 3.85. The van der Waals surface area contributed by atoms with Crippen LogP contribution in [0.1, 0.15) is 19.8 Å². The molecule has 0 aromatic heterocycles. The van der Waals surface area contributed by atoms with Gasteiger partial charge < -0.3 is 16.0 Å². The van der Waals surface area contributed by atoms with Gasteiger partial charge in [0.1, 0.15) is 6.04 Å². The standard InChI is InChI=1S/C11H19N3O3S/c1-2-8(11(12)17)14-5-7(3-10(14)16)4-13-9(15)6-18/h7-8,18H,2-6H2,1H3,(H2,12,17)(H,13,15)/t7?,8-/m0/s1. The Morgan fingerprint density at radius 2 is 2.28 bits per heavy atom. The quantitative estimate of drug-likeness (QED) is 0.550. The molecule has 0 aromatic carbocycles. The minimum absolute atomic E-state index is 0.0368. The molecule has 0 aliphatic carbocycles. The van der Waals surface area contributed by atoms with Crippen molar-refractivity contribution in [2.24, 2.45) is 11.7 Å². The smallest absolute Gasteiger partial charge is 0.240 e. The molecular weight excluding hydrogens is 254 g/mol. The van der Waals surface area contributed by atoms with E-state index in [1.165, 1.54) is 4.90 Å². The molecule has 7 heteroatoms. The molecule has 1 rings (SSSR count). The molecule has 1 unspecified atom stereocenters. The normalized spacial score (nSPS) is 20.9. The largest absolute Gasteiger partial charge is 0.368 e. The van der Waals surface area contributed by atoms with Crippen LogP contribution in [0.3, 0.4) is 0 Å². The van der Waals surface area contributed by atoms with E-state index in [9.17, 15) is 14.4 Å². The fourth-order valence-electron chi connectivity index (χ4n) is 2.14. The number of nitrogens with zero attached hydrogens (tertiary/aromatic N) is 1. The summed E-state index contributed by atoms with van der Waals surface area (Å²) in [6.07, 6.45) is 0.855. The van der Waals surface area contributed by atoms with Crippen LogP contribution in [0.25, 0.3) is 0 Å². The van der Waals surface area contributed by atoms with Crippen molar-refractivity contribution in [3.8, 4) is 0 Å². The maximum Gasteiger partial charge on any atom is 0.240 e. The number of hydrogen-bond donors (Lipinski definition) is 3. The van der Waals surface area contributed by atoms with Gasteiger partial charge in [0.25, 0.3) is 0 Å². The van der Waals surface area contributed by atoms with Crippen molar-refractivity contribution in [1.82, 2.24) is 10.2 Å². The highest BCUT2D eigenvalue weighted by Crippen LogP contribution is 2.20. The Kier molecular flexibility index (Phi) is 5.46. The Labute approximate surface area is 112 Å². The molecule has 6 nitrogen and oxygen atoms in total. The third-order valence-corrected chi connectivity index (χ3v) is 3.35. The fraction of sp³-hybridized carbons (Fsp3) is 0.727. The van der Waals surface area contributed by atoms with E-state index in [-0.39, 0.29) is 23.5 Å². The molecule has 0 bridgehead atoms. The summed E-state index contributed by atoms with van der Waals surface area (Å²) in [5.41, 5.74) is 5.27. The lowest BCUT2D eigenvalue weighted by Gasteiger charge is -2.24. The van der Waals surface area contributed by atoms with Gasteiger partial charge in [-0.05, 0) is 6.42 Å². The summed E-state index contributed by atoms with van der Waals surface area (Å²) in [4.78, 5) is 35.6. The highest BCUT2D eigenvalue weighted by atomic mass is 32.1. The monoisotopic (exact) mass is 273 g/mol. The summed E-state index contributed by atoms with van der Waals surface area (Å²) in [5, 5.41) is 2.69. The third kappa shape index (κ3) is 3.63. The molecule has 0 spiro atoms.